The Morgan fingerprint density at radius 3 is 2.57 bits per heavy atom. The molecule has 0 heterocycles. The van der Waals surface area contributed by atoms with E-state index >= 15 is 0 Å². The molecule has 0 saturated carbocycles. The van der Waals surface area contributed by atoms with Crippen LogP contribution in [0.3, 0.4) is 0 Å². The van der Waals surface area contributed by atoms with Crippen molar-refractivity contribution in [2.45, 2.75) is 20.0 Å². The minimum atomic E-state index is -0.858. The van der Waals surface area contributed by atoms with Gasteiger partial charge < -0.3 is 5.11 Å². The molecule has 1 atom stereocenters. The Morgan fingerprint density at radius 1 is 1.43 bits per heavy atom. The molecule has 0 saturated heterocycles. The highest BCUT2D eigenvalue weighted by molar-refractivity contribution is 5.36. The second-order valence-electron chi connectivity index (χ2n) is 3.51. The molecule has 14 heavy (non-hydrogen) atoms. The Hall–Kier alpha value is -1.40. The van der Waals surface area contributed by atoms with Crippen LogP contribution in [-0.2, 0) is 0 Å². The number of aliphatic hydroxyl groups is 1. The maximum absolute atomic E-state index is 13.5. The van der Waals surface area contributed by atoms with Gasteiger partial charge in [-0.1, -0.05) is 26.0 Å². The van der Waals surface area contributed by atoms with Gasteiger partial charge in [-0.15, -0.1) is 0 Å². The maximum Gasteiger partial charge on any atom is 0.146 e. The van der Waals surface area contributed by atoms with Crippen LogP contribution in [0.2, 0.25) is 0 Å². The van der Waals surface area contributed by atoms with Gasteiger partial charge in [0.1, 0.15) is 11.9 Å². The second kappa shape index (κ2) is 4.21. The van der Waals surface area contributed by atoms with Gasteiger partial charge >= 0.3 is 0 Å². The predicted octanol–water partition coefficient (Wildman–Crippen LogP) is 2.39. The van der Waals surface area contributed by atoms with Crippen molar-refractivity contribution >= 4 is 0 Å². The molecular weight excluding hydrogens is 181 g/mol. The quantitative estimate of drug-likeness (QED) is 0.783. The van der Waals surface area contributed by atoms with Crippen molar-refractivity contribution in [2.24, 2.45) is 5.92 Å². The Labute approximate surface area is 82.6 Å². The number of rotatable bonds is 2. The fraction of sp³-hybridized carbons (Fsp3) is 0.364. The summed E-state index contributed by atoms with van der Waals surface area (Å²) in [5.41, 5.74) is 0.168. The van der Waals surface area contributed by atoms with Gasteiger partial charge in [-0.2, -0.15) is 5.26 Å². The average molecular weight is 193 g/mol. The number of nitriles is 1. The molecule has 0 spiro atoms. The van der Waals surface area contributed by atoms with E-state index in [1.54, 1.807) is 26.0 Å². The molecule has 0 bridgehead atoms. The highest BCUT2D eigenvalue weighted by Gasteiger charge is 2.18. The summed E-state index contributed by atoms with van der Waals surface area (Å²) in [5.74, 6) is -0.686. The Bertz CT molecular complexity index is 368. The van der Waals surface area contributed by atoms with E-state index in [0.717, 1.165) is 0 Å². The first-order chi connectivity index (χ1) is 6.57. The van der Waals surface area contributed by atoms with Gasteiger partial charge in [0.2, 0.25) is 0 Å². The van der Waals surface area contributed by atoms with Gasteiger partial charge in [-0.05, 0) is 12.0 Å². The molecule has 2 nitrogen and oxygen atoms in total. The van der Waals surface area contributed by atoms with Crippen LogP contribution in [0.15, 0.2) is 18.2 Å². The summed E-state index contributed by atoms with van der Waals surface area (Å²) < 4.78 is 13.5. The van der Waals surface area contributed by atoms with Crippen molar-refractivity contribution in [3.8, 4) is 6.07 Å². The largest absolute Gasteiger partial charge is 0.388 e. The smallest absolute Gasteiger partial charge is 0.146 e. The molecule has 1 N–H and O–H groups in total. The van der Waals surface area contributed by atoms with E-state index < -0.39 is 11.9 Å². The monoisotopic (exact) mass is 193 g/mol. The Balaban J connectivity index is 3.17. The van der Waals surface area contributed by atoms with Gasteiger partial charge in [-0.25, -0.2) is 4.39 Å². The Morgan fingerprint density at radius 2 is 2.07 bits per heavy atom. The van der Waals surface area contributed by atoms with Crippen LogP contribution in [0.5, 0.6) is 0 Å². The first-order valence-electron chi connectivity index (χ1n) is 4.44. The second-order valence-corrected chi connectivity index (χ2v) is 3.51. The molecule has 3 heteroatoms. The van der Waals surface area contributed by atoms with Crippen LogP contribution in [0, 0.1) is 23.1 Å². The van der Waals surface area contributed by atoms with Crippen molar-refractivity contribution < 1.29 is 9.50 Å². The zero-order valence-corrected chi connectivity index (χ0v) is 8.16. The molecule has 1 rings (SSSR count). The number of halogens is 1. The third-order valence-electron chi connectivity index (χ3n) is 2.10. The molecule has 0 aromatic heterocycles. The van der Waals surface area contributed by atoms with Crippen LogP contribution >= 0.6 is 0 Å². The molecule has 0 radical (unpaired) electrons. The maximum atomic E-state index is 13.5. The first kappa shape index (κ1) is 10.7. The summed E-state index contributed by atoms with van der Waals surface area (Å²) in [6.45, 7) is 3.59. The number of hydrogen-bond acceptors (Lipinski definition) is 2. The summed E-state index contributed by atoms with van der Waals surface area (Å²) in [6.07, 6.45) is -0.858. The lowest BCUT2D eigenvalue weighted by Gasteiger charge is -2.15. The topological polar surface area (TPSA) is 44.0 Å². The van der Waals surface area contributed by atoms with E-state index in [1.807, 2.05) is 0 Å². The highest BCUT2D eigenvalue weighted by Crippen LogP contribution is 2.25. The van der Waals surface area contributed by atoms with Crippen LogP contribution in [0.4, 0.5) is 4.39 Å². The summed E-state index contributed by atoms with van der Waals surface area (Å²) in [6, 6.07) is 6.21. The van der Waals surface area contributed by atoms with Crippen molar-refractivity contribution in [1.29, 1.82) is 5.26 Å². The fourth-order valence-electron chi connectivity index (χ4n) is 1.22. The van der Waals surface area contributed by atoms with Gasteiger partial charge in [0.15, 0.2) is 0 Å². The lowest BCUT2D eigenvalue weighted by Crippen LogP contribution is -2.08. The van der Waals surface area contributed by atoms with Crippen molar-refractivity contribution in [1.82, 2.24) is 0 Å². The zero-order chi connectivity index (χ0) is 10.7. The highest BCUT2D eigenvalue weighted by atomic mass is 19.1. The first-order valence-corrected chi connectivity index (χ1v) is 4.44. The van der Waals surface area contributed by atoms with E-state index in [1.165, 1.54) is 12.1 Å². The fourth-order valence-corrected chi connectivity index (χ4v) is 1.22. The third-order valence-corrected chi connectivity index (χ3v) is 2.10. The summed E-state index contributed by atoms with van der Waals surface area (Å²) in [4.78, 5) is 0. The molecule has 0 aliphatic rings. The SMILES string of the molecule is CC(C)C(O)c1cccc(C#N)c1F. The van der Waals surface area contributed by atoms with E-state index in [2.05, 4.69) is 0 Å². The van der Waals surface area contributed by atoms with E-state index in [9.17, 15) is 9.50 Å². The number of aliphatic hydroxyl groups excluding tert-OH is 1. The molecule has 0 fully saturated rings. The van der Waals surface area contributed by atoms with E-state index in [0.29, 0.717) is 0 Å². The van der Waals surface area contributed by atoms with Crippen LogP contribution in [0.1, 0.15) is 31.1 Å². The molecule has 1 aromatic carbocycles. The van der Waals surface area contributed by atoms with E-state index in [4.69, 9.17) is 5.26 Å². The van der Waals surface area contributed by atoms with Crippen molar-refractivity contribution in [3.63, 3.8) is 0 Å². The Kier molecular flexibility index (Phi) is 3.21. The van der Waals surface area contributed by atoms with Gasteiger partial charge in [0.25, 0.3) is 0 Å². The summed E-state index contributed by atoms with van der Waals surface area (Å²) in [7, 11) is 0. The molecule has 1 unspecified atom stereocenters. The lowest BCUT2D eigenvalue weighted by molar-refractivity contribution is 0.123. The normalized spacial score (nSPS) is 12.6. The molecule has 74 valence electrons. The number of benzene rings is 1. The third kappa shape index (κ3) is 1.91. The summed E-state index contributed by atoms with van der Waals surface area (Å²) in [5, 5.41) is 18.2. The van der Waals surface area contributed by atoms with Crippen LogP contribution in [-0.4, -0.2) is 5.11 Å². The molecule has 1 aromatic rings. The van der Waals surface area contributed by atoms with Gasteiger partial charge in [-0.3, -0.25) is 0 Å². The molecule has 0 aliphatic carbocycles. The molecule has 0 aliphatic heterocycles. The van der Waals surface area contributed by atoms with Gasteiger partial charge in [0, 0.05) is 5.56 Å². The van der Waals surface area contributed by atoms with Crippen LogP contribution < -0.4 is 0 Å². The minimum Gasteiger partial charge on any atom is -0.388 e. The summed E-state index contributed by atoms with van der Waals surface area (Å²) >= 11 is 0. The van der Waals surface area contributed by atoms with Crippen molar-refractivity contribution in [2.75, 3.05) is 0 Å². The lowest BCUT2D eigenvalue weighted by atomic mass is 9.97. The standard InChI is InChI=1S/C11H12FNO/c1-7(2)11(14)9-5-3-4-8(6-13)10(9)12/h3-5,7,11,14H,1-2H3. The van der Waals surface area contributed by atoms with Crippen molar-refractivity contribution in [3.05, 3.63) is 35.1 Å². The molecular formula is C11H12FNO. The number of hydrogen-bond donors (Lipinski definition) is 1. The minimum absolute atomic E-state index is 0.0257. The van der Waals surface area contributed by atoms with Gasteiger partial charge in [0.05, 0.1) is 11.7 Å². The molecule has 0 amide bonds. The number of nitrogens with zero attached hydrogens (tertiary/aromatic N) is 1. The predicted molar refractivity (Wildman–Crippen MR) is 50.9 cm³/mol. The zero-order valence-electron chi connectivity index (χ0n) is 8.16. The van der Waals surface area contributed by atoms with E-state index in [-0.39, 0.29) is 17.0 Å². The average Bonchev–Trinajstić information content (AvgIpc) is 2.17. The van der Waals surface area contributed by atoms with Crippen LogP contribution in [0.25, 0.3) is 0 Å².